The lowest BCUT2D eigenvalue weighted by Gasteiger charge is -2.20. The van der Waals surface area contributed by atoms with Crippen molar-refractivity contribution in [1.82, 2.24) is 0 Å². The first-order valence-electron chi connectivity index (χ1n) is 9.44. The van der Waals surface area contributed by atoms with E-state index in [9.17, 15) is 0 Å². The van der Waals surface area contributed by atoms with Gasteiger partial charge in [0.25, 0.3) is 0 Å². The van der Waals surface area contributed by atoms with Crippen LogP contribution in [0.3, 0.4) is 0 Å². The summed E-state index contributed by atoms with van der Waals surface area (Å²) in [5.74, 6) is 0.336. The molecular formula is C26H26. The standard InChI is InChI=1S/C26H26/c1-16-17(2)19(4)26(20(5)18(16)3)25-15-24(21-11-7-6-8-12-21)22-13-9-10-14-23(22)25/h6-15,24H,1-5H3. The molecule has 4 rings (SSSR count). The van der Waals surface area contributed by atoms with E-state index in [1.165, 1.54) is 55.6 Å². The van der Waals surface area contributed by atoms with Crippen LogP contribution < -0.4 is 0 Å². The van der Waals surface area contributed by atoms with Crippen LogP contribution >= 0.6 is 0 Å². The van der Waals surface area contributed by atoms with Gasteiger partial charge in [-0.1, -0.05) is 60.7 Å². The Hall–Kier alpha value is -2.60. The molecule has 0 saturated carbocycles. The highest BCUT2D eigenvalue weighted by Crippen LogP contribution is 2.45. The van der Waals surface area contributed by atoms with E-state index in [0.29, 0.717) is 5.92 Å². The molecule has 0 spiro atoms. The predicted molar refractivity (Wildman–Crippen MR) is 112 cm³/mol. The first-order valence-corrected chi connectivity index (χ1v) is 9.44. The molecule has 26 heavy (non-hydrogen) atoms. The maximum Gasteiger partial charge on any atom is 0.0284 e. The van der Waals surface area contributed by atoms with Gasteiger partial charge in [0.2, 0.25) is 0 Å². The van der Waals surface area contributed by atoms with Crippen LogP contribution in [0, 0.1) is 34.6 Å². The van der Waals surface area contributed by atoms with Crippen molar-refractivity contribution in [3.8, 4) is 0 Å². The zero-order valence-corrected chi connectivity index (χ0v) is 16.4. The van der Waals surface area contributed by atoms with Gasteiger partial charge in [-0.25, -0.2) is 0 Å². The van der Waals surface area contributed by atoms with Crippen LogP contribution in [0.4, 0.5) is 0 Å². The van der Waals surface area contributed by atoms with Gasteiger partial charge in [0.15, 0.2) is 0 Å². The molecule has 0 bridgehead atoms. The summed E-state index contributed by atoms with van der Waals surface area (Å²) in [7, 11) is 0. The Morgan fingerprint density at radius 3 is 1.77 bits per heavy atom. The quantitative estimate of drug-likeness (QED) is 0.481. The topological polar surface area (TPSA) is 0 Å². The van der Waals surface area contributed by atoms with Crippen LogP contribution in [-0.2, 0) is 0 Å². The third-order valence-electron chi connectivity index (χ3n) is 6.35. The van der Waals surface area contributed by atoms with E-state index in [2.05, 4.69) is 95.3 Å². The fourth-order valence-electron chi connectivity index (χ4n) is 4.42. The number of fused-ring (bicyclic) bond motifs is 1. The van der Waals surface area contributed by atoms with Crippen LogP contribution in [0.15, 0.2) is 60.7 Å². The molecule has 1 aliphatic carbocycles. The Balaban J connectivity index is 1.99. The van der Waals surface area contributed by atoms with Crippen molar-refractivity contribution in [1.29, 1.82) is 0 Å². The normalized spacial score (nSPS) is 15.7. The molecule has 0 amide bonds. The Kier molecular flexibility index (Phi) is 4.07. The van der Waals surface area contributed by atoms with E-state index < -0.39 is 0 Å². The molecule has 3 aromatic carbocycles. The molecule has 0 heterocycles. The van der Waals surface area contributed by atoms with E-state index in [1.54, 1.807) is 0 Å². The van der Waals surface area contributed by atoms with Crippen molar-refractivity contribution in [2.45, 2.75) is 40.5 Å². The summed E-state index contributed by atoms with van der Waals surface area (Å²) < 4.78 is 0. The van der Waals surface area contributed by atoms with Gasteiger partial charge < -0.3 is 0 Å². The van der Waals surface area contributed by atoms with E-state index in [0.717, 1.165) is 0 Å². The minimum absolute atomic E-state index is 0.336. The number of benzene rings is 3. The molecule has 0 nitrogen and oxygen atoms in total. The molecule has 1 unspecified atom stereocenters. The van der Waals surface area contributed by atoms with Gasteiger partial charge in [0.05, 0.1) is 0 Å². The monoisotopic (exact) mass is 338 g/mol. The van der Waals surface area contributed by atoms with Crippen molar-refractivity contribution in [3.05, 3.63) is 111 Å². The van der Waals surface area contributed by atoms with Crippen molar-refractivity contribution in [2.75, 3.05) is 0 Å². The van der Waals surface area contributed by atoms with E-state index >= 15 is 0 Å². The molecule has 0 aromatic heterocycles. The van der Waals surface area contributed by atoms with Crippen LogP contribution in [0.5, 0.6) is 0 Å². The van der Waals surface area contributed by atoms with E-state index in [1.807, 2.05) is 0 Å². The Bertz CT molecular complexity index is 990. The number of hydrogen-bond acceptors (Lipinski definition) is 0. The van der Waals surface area contributed by atoms with Crippen LogP contribution in [-0.4, -0.2) is 0 Å². The highest BCUT2D eigenvalue weighted by molar-refractivity contribution is 5.90. The van der Waals surface area contributed by atoms with E-state index in [-0.39, 0.29) is 0 Å². The zero-order chi connectivity index (χ0) is 18.4. The third-order valence-corrected chi connectivity index (χ3v) is 6.35. The summed E-state index contributed by atoms with van der Waals surface area (Å²) in [6.07, 6.45) is 2.48. The SMILES string of the molecule is Cc1c(C)c(C)c(C2=CC(c3ccccc3)c3ccccc32)c(C)c1C. The predicted octanol–water partition coefficient (Wildman–Crippen LogP) is 6.81. The summed E-state index contributed by atoms with van der Waals surface area (Å²) in [4.78, 5) is 0. The molecule has 0 saturated heterocycles. The highest BCUT2D eigenvalue weighted by atomic mass is 14.3. The van der Waals surface area contributed by atoms with Gasteiger partial charge in [0, 0.05) is 5.92 Å². The lowest BCUT2D eigenvalue weighted by atomic mass is 9.84. The van der Waals surface area contributed by atoms with Gasteiger partial charge in [-0.15, -0.1) is 0 Å². The smallest absolute Gasteiger partial charge is 0.0284 e. The summed E-state index contributed by atoms with van der Waals surface area (Å²) >= 11 is 0. The van der Waals surface area contributed by atoms with Crippen molar-refractivity contribution >= 4 is 5.57 Å². The molecule has 130 valence electrons. The molecule has 1 atom stereocenters. The zero-order valence-electron chi connectivity index (χ0n) is 16.4. The number of rotatable bonds is 2. The van der Waals surface area contributed by atoms with Crippen molar-refractivity contribution in [3.63, 3.8) is 0 Å². The van der Waals surface area contributed by atoms with Gasteiger partial charge >= 0.3 is 0 Å². The number of allylic oxidation sites excluding steroid dienone is 1. The molecule has 0 N–H and O–H groups in total. The highest BCUT2D eigenvalue weighted by Gasteiger charge is 2.27. The van der Waals surface area contributed by atoms with Crippen LogP contribution in [0.25, 0.3) is 5.57 Å². The summed E-state index contributed by atoms with van der Waals surface area (Å²) in [5, 5.41) is 0. The van der Waals surface area contributed by atoms with Gasteiger partial charge in [-0.2, -0.15) is 0 Å². The van der Waals surface area contributed by atoms with Crippen LogP contribution in [0.2, 0.25) is 0 Å². The number of hydrogen-bond donors (Lipinski definition) is 0. The molecule has 0 aliphatic heterocycles. The molecular weight excluding hydrogens is 312 g/mol. The third kappa shape index (κ3) is 2.44. The lowest BCUT2D eigenvalue weighted by molar-refractivity contribution is 1.05. The molecule has 0 heteroatoms. The lowest BCUT2D eigenvalue weighted by Crippen LogP contribution is -2.02. The van der Waals surface area contributed by atoms with Gasteiger partial charge in [-0.05, 0) is 90.3 Å². The molecule has 3 aromatic rings. The molecule has 0 fully saturated rings. The van der Waals surface area contributed by atoms with Crippen molar-refractivity contribution in [2.24, 2.45) is 0 Å². The second-order valence-electron chi connectivity index (χ2n) is 7.56. The second-order valence-corrected chi connectivity index (χ2v) is 7.56. The summed E-state index contributed by atoms with van der Waals surface area (Å²) in [6.45, 7) is 11.3. The van der Waals surface area contributed by atoms with Gasteiger partial charge in [-0.3, -0.25) is 0 Å². The maximum absolute atomic E-state index is 2.48. The Morgan fingerprint density at radius 2 is 1.12 bits per heavy atom. The van der Waals surface area contributed by atoms with Gasteiger partial charge in [0.1, 0.15) is 0 Å². The van der Waals surface area contributed by atoms with Crippen LogP contribution in [0.1, 0.15) is 56.0 Å². The minimum Gasteiger partial charge on any atom is -0.0641 e. The average molecular weight is 338 g/mol. The summed E-state index contributed by atoms with van der Waals surface area (Å²) in [5.41, 5.74) is 14.1. The second kappa shape index (κ2) is 6.29. The minimum atomic E-state index is 0.336. The molecule has 0 radical (unpaired) electrons. The Labute approximate surface area is 157 Å². The Morgan fingerprint density at radius 1 is 0.577 bits per heavy atom. The fraction of sp³-hybridized carbons (Fsp3) is 0.231. The fourth-order valence-corrected chi connectivity index (χ4v) is 4.42. The van der Waals surface area contributed by atoms with E-state index in [4.69, 9.17) is 0 Å². The van der Waals surface area contributed by atoms with Crippen molar-refractivity contribution < 1.29 is 0 Å². The first-order chi connectivity index (χ1) is 12.5. The maximum atomic E-state index is 2.48. The average Bonchev–Trinajstić information content (AvgIpc) is 3.05. The molecule has 1 aliphatic rings. The largest absolute Gasteiger partial charge is 0.0641 e. The summed E-state index contributed by atoms with van der Waals surface area (Å²) in [6, 6.07) is 19.8. The first kappa shape index (κ1) is 16.8.